The maximum absolute atomic E-state index is 13.7. The molecule has 1 heterocycles. The number of aliphatic hydroxyl groups is 1. The van der Waals surface area contributed by atoms with Gasteiger partial charge >= 0.3 is 0 Å². The van der Waals surface area contributed by atoms with Crippen LogP contribution < -0.4 is 9.64 Å². The molecule has 0 aliphatic carbocycles. The third-order valence-corrected chi connectivity index (χ3v) is 8.00. The Hall–Kier alpha value is -4.94. The summed E-state index contributed by atoms with van der Waals surface area (Å²) in [6, 6.07) is 38.0. The van der Waals surface area contributed by atoms with Gasteiger partial charge in [-0.25, -0.2) is 4.39 Å². The standard InChI is InChI=1S/C37H32FNO4/c38-29-17-14-26(15-18-29)34(41)21-20-33-36(39(37(33)42)30-11-5-2-6-12-30)32-19-16-28(27-10-7-13-31(40)22-27)23-35(32)43-24-25-8-3-1-4-9-25/h1-19,22-23,33-34,36,40-41H,20-21,24H2. The summed E-state index contributed by atoms with van der Waals surface area (Å²) in [6.07, 6.45) is -0.0256. The van der Waals surface area contributed by atoms with Crippen LogP contribution in [0, 0.1) is 11.7 Å². The maximum atomic E-state index is 13.7. The number of aromatic hydroxyl groups is 1. The average molecular weight is 574 g/mol. The van der Waals surface area contributed by atoms with E-state index in [4.69, 9.17) is 4.74 Å². The van der Waals surface area contributed by atoms with Crippen LogP contribution in [0.5, 0.6) is 11.5 Å². The van der Waals surface area contributed by atoms with Crippen LogP contribution >= 0.6 is 0 Å². The highest BCUT2D eigenvalue weighted by Crippen LogP contribution is 2.49. The highest BCUT2D eigenvalue weighted by Gasteiger charge is 2.49. The molecule has 3 atom stereocenters. The van der Waals surface area contributed by atoms with Crippen LogP contribution in [0.15, 0.2) is 127 Å². The van der Waals surface area contributed by atoms with Crippen molar-refractivity contribution in [3.63, 3.8) is 0 Å². The molecule has 0 bridgehead atoms. The van der Waals surface area contributed by atoms with Crippen molar-refractivity contribution >= 4 is 11.6 Å². The number of aliphatic hydroxyl groups excluding tert-OH is 1. The first-order valence-corrected chi connectivity index (χ1v) is 14.4. The van der Waals surface area contributed by atoms with Crippen LogP contribution in [0.1, 0.15) is 41.7 Å². The lowest BCUT2D eigenvalue weighted by Gasteiger charge is -2.48. The summed E-state index contributed by atoms with van der Waals surface area (Å²) in [6.45, 7) is 0.345. The number of rotatable bonds is 10. The molecule has 43 heavy (non-hydrogen) atoms. The number of phenolic OH excluding ortho intramolecular Hbond substituents is 1. The van der Waals surface area contributed by atoms with Crippen LogP contribution in [0.3, 0.4) is 0 Å². The van der Waals surface area contributed by atoms with E-state index in [1.165, 1.54) is 12.1 Å². The maximum Gasteiger partial charge on any atom is 0.233 e. The van der Waals surface area contributed by atoms with Gasteiger partial charge in [-0.1, -0.05) is 84.9 Å². The molecule has 1 aliphatic heterocycles. The number of ether oxygens (including phenoxy) is 1. The number of carbonyl (C=O) groups excluding carboxylic acids is 1. The number of anilines is 1. The molecule has 5 aromatic carbocycles. The summed E-state index contributed by atoms with van der Waals surface area (Å²) in [7, 11) is 0. The fourth-order valence-corrected chi connectivity index (χ4v) is 5.76. The number of hydrogen-bond acceptors (Lipinski definition) is 4. The summed E-state index contributed by atoms with van der Waals surface area (Å²) in [5, 5.41) is 21.0. The van der Waals surface area contributed by atoms with Crippen molar-refractivity contribution in [2.45, 2.75) is 31.6 Å². The molecular weight excluding hydrogens is 541 g/mol. The second kappa shape index (κ2) is 12.5. The number of nitrogens with zero attached hydrogens (tertiary/aromatic N) is 1. The Morgan fingerprint density at radius 1 is 0.791 bits per heavy atom. The summed E-state index contributed by atoms with van der Waals surface area (Å²) in [5.74, 6) is 0.0515. The zero-order valence-corrected chi connectivity index (χ0v) is 23.5. The van der Waals surface area contributed by atoms with E-state index in [2.05, 4.69) is 0 Å². The van der Waals surface area contributed by atoms with E-state index in [1.807, 2.05) is 84.9 Å². The minimum Gasteiger partial charge on any atom is -0.508 e. The second-order valence-corrected chi connectivity index (χ2v) is 10.8. The highest BCUT2D eigenvalue weighted by molar-refractivity contribution is 6.03. The monoisotopic (exact) mass is 573 g/mol. The van der Waals surface area contributed by atoms with Gasteiger partial charge in [-0.15, -0.1) is 0 Å². The highest BCUT2D eigenvalue weighted by atomic mass is 19.1. The molecule has 216 valence electrons. The second-order valence-electron chi connectivity index (χ2n) is 10.8. The first-order chi connectivity index (χ1) is 21.0. The number of hydrogen-bond donors (Lipinski definition) is 2. The Balaban J connectivity index is 1.35. The van der Waals surface area contributed by atoms with Gasteiger partial charge < -0.3 is 19.8 Å². The fourth-order valence-electron chi connectivity index (χ4n) is 5.76. The normalized spacial score (nSPS) is 16.9. The van der Waals surface area contributed by atoms with Crippen molar-refractivity contribution in [3.8, 4) is 22.6 Å². The van der Waals surface area contributed by atoms with Gasteiger partial charge in [-0.3, -0.25) is 4.79 Å². The van der Waals surface area contributed by atoms with Gasteiger partial charge in [0.15, 0.2) is 0 Å². The molecule has 1 amide bonds. The molecule has 5 nitrogen and oxygen atoms in total. The van der Waals surface area contributed by atoms with Crippen LogP contribution in [0.4, 0.5) is 10.1 Å². The van der Waals surface area contributed by atoms with Gasteiger partial charge in [-0.2, -0.15) is 0 Å². The van der Waals surface area contributed by atoms with Gasteiger partial charge in [0, 0.05) is 11.3 Å². The van der Waals surface area contributed by atoms with Crippen LogP contribution in [0.2, 0.25) is 0 Å². The fraction of sp³-hybridized carbons (Fsp3) is 0.162. The number of para-hydroxylation sites is 1. The van der Waals surface area contributed by atoms with E-state index in [-0.39, 0.29) is 29.4 Å². The predicted molar refractivity (Wildman–Crippen MR) is 165 cm³/mol. The Kier molecular flexibility index (Phi) is 8.20. The molecule has 0 saturated carbocycles. The van der Waals surface area contributed by atoms with Gasteiger partial charge in [0.05, 0.1) is 18.1 Å². The molecule has 6 heteroatoms. The average Bonchev–Trinajstić information content (AvgIpc) is 3.04. The Labute approximate surface area is 250 Å². The zero-order valence-electron chi connectivity index (χ0n) is 23.5. The van der Waals surface area contributed by atoms with Crippen molar-refractivity contribution in [1.82, 2.24) is 0 Å². The summed E-state index contributed by atoms with van der Waals surface area (Å²) in [4.78, 5) is 15.5. The summed E-state index contributed by atoms with van der Waals surface area (Å²) < 4.78 is 19.9. The molecule has 6 rings (SSSR count). The molecule has 0 spiro atoms. The molecular formula is C37H32FNO4. The quantitative estimate of drug-likeness (QED) is 0.166. The SMILES string of the molecule is O=C1C(CCC(O)c2ccc(F)cc2)C(c2ccc(-c3cccc(O)c3)cc2OCc2ccccc2)N1c1ccccc1. The molecule has 1 saturated heterocycles. The molecule has 0 radical (unpaired) electrons. The van der Waals surface area contributed by atoms with Gasteiger partial charge in [0.25, 0.3) is 0 Å². The molecule has 5 aromatic rings. The van der Waals surface area contributed by atoms with Gasteiger partial charge in [0.2, 0.25) is 5.91 Å². The van der Waals surface area contributed by atoms with Gasteiger partial charge in [-0.05, 0) is 77.6 Å². The minimum absolute atomic E-state index is 0.0198. The van der Waals surface area contributed by atoms with Crippen molar-refractivity contribution in [3.05, 3.63) is 150 Å². The van der Waals surface area contributed by atoms with E-state index < -0.39 is 6.10 Å². The number of phenols is 1. The van der Waals surface area contributed by atoms with Gasteiger partial charge in [0.1, 0.15) is 23.9 Å². The Bertz CT molecular complexity index is 1690. The van der Waals surface area contributed by atoms with Crippen LogP contribution in [-0.4, -0.2) is 16.1 Å². The number of benzene rings is 5. The smallest absolute Gasteiger partial charge is 0.233 e. The number of halogens is 1. The van der Waals surface area contributed by atoms with E-state index in [1.54, 1.807) is 35.2 Å². The van der Waals surface area contributed by atoms with Crippen molar-refractivity contribution in [2.75, 3.05) is 4.90 Å². The molecule has 3 unspecified atom stereocenters. The first-order valence-electron chi connectivity index (χ1n) is 14.4. The summed E-state index contributed by atoms with van der Waals surface area (Å²) in [5.41, 5.74) is 5.01. The van der Waals surface area contributed by atoms with Crippen molar-refractivity contribution in [2.24, 2.45) is 5.92 Å². The van der Waals surface area contributed by atoms with E-state index in [0.717, 1.165) is 27.9 Å². The molecule has 1 fully saturated rings. The molecule has 0 aromatic heterocycles. The number of β-lactam (4-membered cyclic amide) rings is 1. The van der Waals surface area contributed by atoms with E-state index in [9.17, 15) is 19.4 Å². The zero-order chi connectivity index (χ0) is 29.8. The lowest BCUT2D eigenvalue weighted by atomic mass is 9.77. The lowest BCUT2D eigenvalue weighted by molar-refractivity contribution is -0.131. The predicted octanol–water partition coefficient (Wildman–Crippen LogP) is 8.00. The third kappa shape index (κ3) is 6.15. The number of amides is 1. The topological polar surface area (TPSA) is 70.0 Å². The Morgan fingerprint density at radius 3 is 2.21 bits per heavy atom. The Morgan fingerprint density at radius 2 is 1.49 bits per heavy atom. The number of carbonyl (C=O) groups is 1. The third-order valence-electron chi connectivity index (χ3n) is 8.00. The van der Waals surface area contributed by atoms with E-state index >= 15 is 0 Å². The lowest BCUT2D eigenvalue weighted by Crippen LogP contribution is -2.55. The van der Waals surface area contributed by atoms with E-state index in [0.29, 0.717) is 30.8 Å². The van der Waals surface area contributed by atoms with Crippen LogP contribution in [-0.2, 0) is 11.4 Å². The van der Waals surface area contributed by atoms with Crippen LogP contribution in [0.25, 0.3) is 11.1 Å². The first kappa shape index (κ1) is 28.2. The minimum atomic E-state index is -0.818. The summed E-state index contributed by atoms with van der Waals surface area (Å²) >= 11 is 0. The van der Waals surface area contributed by atoms with Crippen molar-refractivity contribution < 1.29 is 24.1 Å². The molecule has 1 aliphatic rings. The largest absolute Gasteiger partial charge is 0.508 e. The van der Waals surface area contributed by atoms with Crippen molar-refractivity contribution in [1.29, 1.82) is 0 Å². The molecule has 2 N–H and O–H groups in total.